The summed E-state index contributed by atoms with van der Waals surface area (Å²) < 4.78 is 5.38. The van der Waals surface area contributed by atoms with Crippen LogP contribution in [0.5, 0.6) is 0 Å². The van der Waals surface area contributed by atoms with Crippen LogP contribution in [0, 0.1) is 11.8 Å². The van der Waals surface area contributed by atoms with Crippen LogP contribution >= 0.6 is 0 Å². The van der Waals surface area contributed by atoms with Crippen LogP contribution in [-0.2, 0) is 4.74 Å². The lowest BCUT2D eigenvalue weighted by Gasteiger charge is -2.10. The van der Waals surface area contributed by atoms with Crippen molar-refractivity contribution in [1.82, 2.24) is 15.0 Å². The van der Waals surface area contributed by atoms with E-state index >= 15 is 0 Å². The summed E-state index contributed by atoms with van der Waals surface area (Å²) in [6.07, 6.45) is 5.20. The first kappa shape index (κ1) is 22.7. The normalized spacial score (nSPS) is 10.1. The molecule has 4 rings (SSSR count). The van der Waals surface area contributed by atoms with Crippen LogP contribution in [0.4, 0.5) is 11.6 Å². The van der Waals surface area contributed by atoms with Gasteiger partial charge in [-0.1, -0.05) is 55.5 Å². The third-order valence-corrected chi connectivity index (χ3v) is 4.89. The van der Waals surface area contributed by atoms with Crippen molar-refractivity contribution in [2.45, 2.75) is 19.8 Å². The summed E-state index contributed by atoms with van der Waals surface area (Å²) in [5, 5.41) is 3.17. The summed E-state index contributed by atoms with van der Waals surface area (Å²) >= 11 is 0. The number of hydrogen-bond acceptors (Lipinski definition) is 6. The van der Waals surface area contributed by atoms with E-state index in [1.54, 1.807) is 18.5 Å². The lowest BCUT2D eigenvalue weighted by atomic mass is 10.1. The number of carbonyl (C=O) groups excluding carboxylic acids is 1. The van der Waals surface area contributed by atoms with Gasteiger partial charge in [0.1, 0.15) is 0 Å². The number of nitrogens with one attached hydrogen (secondary N) is 1. The Balaban J connectivity index is 1.61. The molecule has 168 valence electrons. The van der Waals surface area contributed by atoms with E-state index in [0.29, 0.717) is 18.2 Å². The molecule has 2 aromatic heterocycles. The molecule has 2 aromatic carbocycles. The topological polar surface area (TPSA) is 77.0 Å². The third kappa shape index (κ3) is 6.27. The molecule has 0 aliphatic carbocycles. The second kappa shape index (κ2) is 11.4. The van der Waals surface area contributed by atoms with E-state index in [9.17, 15) is 4.79 Å². The van der Waals surface area contributed by atoms with Crippen molar-refractivity contribution >= 4 is 17.6 Å². The van der Waals surface area contributed by atoms with Gasteiger partial charge in [-0.25, -0.2) is 14.8 Å². The summed E-state index contributed by atoms with van der Waals surface area (Å²) in [6, 6.07) is 22.7. The summed E-state index contributed by atoms with van der Waals surface area (Å²) in [5.74, 6) is 6.09. The fraction of sp³-hybridized carbons (Fsp3) is 0.143. The van der Waals surface area contributed by atoms with Gasteiger partial charge in [0.25, 0.3) is 0 Å². The van der Waals surface area contributed by atoms with Gasteiger partial charge in [-0.3, -0.25) is 4.98 Å². The third-order valence-electron chi connectivity index (χ3n) is 4.89. The predicted octanol–water partition coefficient (Wildman–Crippen LogP) is 5.64. The molecule has 2 heterocycles. The number of hydrogen-bond donors (Lipinski definition) is 1. The van der Waals surface area contributed by atoms with E-state index in [4.69, 9.17) is 4.74 Å². The molecule has 0 radical (unpaired) electrons. The number of anilines is 2. The van der Waals surface area contributed by atoms with Crippen molar-refractivity contribution in [2.24, 2.45) is 0 Å². The summed E-state index contributed by atoms with van der Waals surface area (Å²) in [4.78, 5) is 25.7. The fourth-order valence-electron chi connectivity index (χ4n) is 3.09. The fourth-order valence-corrected chi connectivity index (χ4v) is 3.09. The molecule has 6 nitrogen and oxygen atoms in total. The number of unbranched alkanes of at least 4 members (excludes halogenated alkanes) is 1. The van der Waals surface area contributed by atoms with Gasteiger partial charge in [0.15, 0.2) is 5.69 Å². The van der Waals surface area contributed by atoms with Crippen LogP contribution in [0.1, 0.15) is 41.4 Å². The maximum atomic E-state index is 12.6. The molecular formula is C28H24N4O2. The van der Waals surface area contributed by atoms with E-state index in [2.05, 4.69) is 32.1 Å². The van der Waals surface area contributed by atoms with Crippen molar-refractivity contribution < 1.29 is 9.53 Å². The number of benzene rings is 2. The molecule has 4 aromatic rings. The molecule has 6 heteroatoms. The number of carbonyl (C=O) groups is 1. The van der Waals surface area contributed by atoms with Crippen molar-refractivity contribution in [3.8, 4) is 23.1 Å². The molecule has 0 fully saturated rings. The van der Waals surface area contributed by atoms with Crippen LogP contribution in [0.15, 0.2) is 85.2 Å². The number of para-hydroxylation sites is 1. The molecule has 0 saturated heterocycles. The smallest absolute Gasteiger partial charge is 0.357 e. The van der Waals surface area contributed by atoms with Gasteiger partial charge < -0.3 is 10.1 Å². The standard InChI is InChI=1S/C28H24N4O2/c1-2-3-18-34-27(33)26-19-25(31-28(32-26)30-24-9-5-4-6-10-24)23-15-13-21(14-16-23)11-12-22-8-7-17-29-20-22/h4-10,13-17,19-20H,2-3,18H2,1H3,(H,30,31,32). The SMILES string of the molecule is CCCCOC(=O)c1cc(-c2ccc(C#Cc3cccnc3)cc2)nc(Nc2ccccc2)n1. The molecule has 0 bridgehead atoms. The minimum Gasteiger partial charge on any atom is -0.461 e. The van der Waals surface area contributed by atoms with Crippen LogP contribution in [0.3, 0.4) is 0 Å². The lowest BCUT2D eigenvalue weighted by molar-refractivity contribution is 0.0493. The molecule has 0 aliphatic rings. The zero-order valence-electron chi connectivity index (χ0n) is 18.9. The maximum absolute atomic E-state index is 12.6. The summed E-state index contributed by atoms with van der Waals surface area (Å²) in [7, 11) is 0. The average Bonchev–Trinajstić information content (AvgIpc) is 2.89. The number of nitrogens with zero attached hydrogens (tertiary/aromatic N) is 3. The molecule has 0 unspecified atom stereocenters. The first-order chi connectivity index (χ1) is 16.7. The Bertz CT molecular complexity index is 1300. The number of pyridine rings is 1. The zero-order chi connectivity index (χ0) is 23.6. The number of esters is 1. The molecule has 0 atom stereocenters. The Morgan fingerprint density at radius 2 is 1.74 bits per heavy atom. The van der Waals surface area contributed by atoms with Crippen LogP contribution in [0.2, 0.25) is 0 Å². The first-order valence-corrected chi connectivity index (χ1v) is 11.1. The Kier molecular flexibility index (Phi) is 7.60. The predicted molar refractivity (Wildman–Crippen MR) is 133 cm³/mol. The molecular weight excluding hydrogens is 424 g/mol. The summed E-state index contributed by atoms with van der Waals surface area (Å²) in [5.41, 5.74) is 4.20. The van der Waals surface area contributed by atoms with Crippen LogP contribution < -0.4 is 5.32 Å². The zero-order valence-corrected chi connectivity index (χ0v) is 18.9. The van der Waals surface area contributed by atoms with E-state index in [-0.39, 0.29) is 5.69 Å². The molecule has 34 heavy (non-hydrogen) atoms. The second-order valence-electron chi connectivity index (χ2n) is 7.51. The minimum atomic E-state index is -0.466. The van der Waals surface area contributed by atoms with E-state index < -0.39 is 5.97 Å². The van der Waals surface area contributed by atoms with E-state index in [1.807, 2.05) is 73.7 Å². The second-order valence-corrected chi connectivity index (χ2v) is 7.51. The first-order valence-electron chi connectivity index (χ1n) is 11.1. The van der Waals surface area contributed by atoms with Gasteiger partial charge in [-0.05, 0) is 48.9 Å². The molecule has 1 N–H and O–H groups in total. The minimum absolute atomic E-state index is 0.208. The Morgan fingerprint density at radius 3 is 2.47 bits per heavy atom. The molecule has 0 amide bonds. The largest absolute Gasteiger partial charge is 0.461 e. The lowest BCUT2D eigenvalue weighted by Crippen LogP contribution is -2.11. The molecule has 0 saturated carbocycles. The highest BCUT2D eigenvalue weighted by molar-refractivity contribution is 5.89. The Morgan fingerprint density at radius 1 is 0.941 bits per heavy atom. The van der Waals surface area contributed by atoms with Gasteiger partial charge in [0, 0.05) is 34.8 Å². The van der Waals surface area contributed by atoms with Gasteiger partial charge in [0.05, 0.1) is 12.3 Å². The van der Waals surface area contributed by atoms with Crippen molar-refractivity contribution in [3.63, 3.8) is 0 Å². The Labute approximate surface area is 199 Å². The van der Waals surface area contributed by atoms with Crippen LogP contribution in [0.25, 0.3) is 11.3 Å². The number of aromatic nitrogens is 3. The highest BCUT2D eigenvalue weighted by Crippen LogP contribution is 2.22. The van der Waals surface area contributed by atoms with Crippen LogP contribution in [-0.4, -0.2) is 27.5 Å². The summed E-state index contributed by atoms with van der Waals surface area (Å²) in [6.45, 7) is 2.41. The van der Waals surface area contributed by atoms with E-state index in [0.717, 1.165) is 35.2 Å². The van der Waals surface area contributed by atoms with Crippen molar-refractivity contribution in [2.75, 3.05) is 11.9 Å². The quantitative estimate of drug-likeness (QED) is 0.224. The highest BCUT2D eigenvalue weighted by Gasteiger charge is 2.14. The van der Waals surface area contributed by atoms with Gasteiger partial charge in [-0.15, -0.1) is 0 Å². The van der Waals surface area contributed by atoms with Gasteiger partial charge in [-0.2, -0.15) is 0 Å². The van der Waals surface area contributed by atoms with Crippen molar-refractivity contribution in [1.29, 1.82) is 0 Å². The van der Waals surface area contributed by atoms with Gasteiger partial charge >= 0.3 is 5.97 Å². The average molecular weight is 449 g/mol. The number of rotatable bonds is 7. The highest BCUT2D eigenvalue weighted by atomic mass is 16.5. The maximum Gasteiger partial charge on any atom is 0.357 e. The van der Waals surface area contributed by atoms with Crippen molar-refractivity contribution in [3.05, 3.63) is 102 Å². The number of ether oxygens (including phenoxy) is 1. The monoisotopic (exact) mass is 448 g/mol. The van der Waals surface area contributed by atoms with Gasteiger partial charge in [0.2, 0.25) is 5.95 Å². The Hall–Kier alpha value is -4.50. The molecule has 0 aliphatic heterocycles. The van der Waals surface area contributed by atoms with E-state index in [1.165, 1.54) is 0 Å². The molecule has 0 spiro atoms.